The molecule has 0 radical (unpaired) electrons. The molecule has 0 aliphatic carbocycles. The Labute approximate surface area is 94.1 Å². The lowest BCUT2D eigenvalue weighted by Gasteiger charge is -2.29. The van der Waals surface area contributed by atoms with Crippen LogP contribution in [0.15, 0.2) is 18.3 Å². The molecule has 0 bridgehead atoms. The van der Waals surface area contributed by atoms with Gasteiger partial charge in [0.15, 0.2) is 0 Å². The van der Waals surface area contributed by atoms with E-state index in [9.17, 15) is 4.79 Å². The van der Waals surface area contributed by atoms with Gasteiger partial charge >= 0.3 is 5.97 Å². The first-order valence-corrected chi connectivity index (χ1v) is 5.39. The SMILES string of the molecule is O=C(O)Cc1cccnc1N1CCNCC1. The number of nitrogens with one attached hydrogen (secondary N) is 1. The summed E-state index contributed by atoms with van der Waals surface area (Å²) in [6.07, 6.45) is 1.75. The number of nitrogens with zero attached hydrogens (tertiary/aromatic N) is 2. The molecular weight excluding hydrogens is 206 g/mol. The maximum absolute atomic E-state index is 10.7. The van der Waals surface area contributed by atoms with Gasteiger partial charge in [0.05, 0.1) is 6.42 Å². The highest BCUT2D eigenvalue weighted by Gasteiger charge is 2.16. The largest absolute Gasteiger partial charge is 0.481 e. The van der Waals surface area contributed by atoms with E-state index in [-0.39, 0.29) is 6.42 Å². The van der Waals surface area contributed by atoms with Crippen molar-refractivity contribution in [3.63, 3.8) is 0 Å². The summed E-state index contributed by atoms with van der Waals surface area (Å²) in [5, 5.41) is 12.1. The molecule has 16 heavy (non-hydrogen) atoms. The maximum Gasteiger partial charge on any atom is 0.307 e. The van der Waals surface area contributed by atoms with Crippen LogP contribution in [0.2, 0.25) is 0 Å². The van der Waals surface area contributed by atoms with E-state index in [1.807, 2.05) is 6.07 Å². The minimum atomic E-state index is -0.815. The number of hydrogen-bond donors (Lipinski definition) is 2. The van der Waals surface area contributed by atoms with E-state index in [2.05, 4.69) is 15.2 Å². The van der Waals surface area contributed by atoms with E-state index < -0.39 is 5.97 Å². The van der Waals surface area contributed by atoms with Gasteiger partial charge in [0, 0.05) is 37.9 Å². The number of carboxylic acid groups (broad SMARTS) is 1. The van der Waals surface area contributed by atoms with Gasteiger partial charge in [0.25, 0.3) is 0 Å². The fraction of sp³-hybridized carbons (Fsp3) is 0.455. The summed E-state index contributed by atoms with van der Waals surface area (Å²) in [6, 6.07) is 3.61. The Kier molecular flexibility index (Phi) is 3.36. The van der Waals surface area contributed by atoms with Gasteiger partial charge in [-0.25, -0.2) is 4.98 Å². The van der Waals surface area contributed by atoms with Crippen LogP contribution in [0.3, 0.4) is 0 Å². The molecule has 1 saturated heterocycles. The Morgan fingerprint density at radius 3 is 2.94 bits per heavy atom. The van der Waals surface area contributed by atoms with Crippen LogP contribution in [-0.4, -0.2) is 42.2 Å². The zero-order valence-corrected chi connectivity index (χ0v) is 9.02. The Bertz CT molecular complexity index is 375. The van der Waals surface area contributed by atoms with E-state index in [1.165, 1.54) is 0 Å². The predicted molar refractivity (Wildman–Crippen MR) is 60.7 cm³/mol. The molecule has 5 nitrogen and oxygen atoms in total. The van der Waals surface area contributed by atoms with Crippen molar-refractivity contribution in [2.75, 3.05) is 31.1 Å². The zero-order chi connectivity index (χ0) is 11.4. The molecule has 1 aromatic heterocycles. The third-order valence-corrected chi connectivity index (χ3v) is 2.63. The first-order chi connectivity index (χ1) is 7.77. The first kappa shape index (κ1) is 10.9. The molecule has 2 rings (SSSR count). The van der Waals surface area contributed by atoms with Crippen molar-refractivity contribution in [2.45, 2.75) is 6.42 Å². The molecule has 0 saturated carbocycles. The number of aromatic nitrogens is 1. The van der Waals surface area contributed by atoms with Crippen LogP contribution in [0.5, 0.6) is 0 Å². The van der Waals surface area contributed by atoms with Crippen LogP contribution in [0.1, 0.15) is 5.56 Å². The van der Waals surface area contributed by atoms with Gasteiger partial charge in [0.1, 0.15) is 5.82 Å². The minimum Gasteiger partial charge on any atom is -0.481 e. The number of hydrogen-bond acceptors (Lipinski definition) is 4. The van der Waals surface area contributed by atoms with E-state index in [4.69, 9.17) is 5.11 Å². The summed E-state index contributed by atoms with van der Waals surface area (Å²) in [6.45, 7) is 3.60. The van der Waals surface area contributed by atoms with Gasteiger partial charge in [-0.1, -0.05) is 6.07 Å². The van der Waals surface area contributed by atoms with Gasteiger partial charge in [-0.2, -0.15) is 0 Å². The average Bonchev–Trinajstić information content (AvgIpc) is 2.30. The number of rotatable bonds is 3. The fourth-order valence-corrected chi connectivity index (χ4v) is 1.89. The second-order valence-corrected chi connectivity index (χ2v) is 3.79. The third-order valence-electron chi connectivity index (χ3n) is 2.63. The summed E-state index contributed by atoms with van der Waals surface area (Å²) in [4.78, 5) is 17.2. The van der Waals surface area contributed by atoms with Gasteiger partial charge in [0.2, 0.25) is 0 Å². The Morgan fingerprint density at radius 2 is 2.25 bits per heavy atom. The van der Waals surface area contributed by atoms with E-state index in [1.54, 1.807) is 12.3 Å². The van der Waals surface area contributed by atoms with Crippen LogP contribution in [0, 0.1) is 0 Å². The van der Waals surface area contributed by atoms with Gasteiger partial charge in [-0.15, -0.1) is 0 Å². The van der Waals surface area contributed by atoms with E-state index >= 15 is 0 Å². The van der Waals surface area contributed by atoms with E-state index in [0.29, 0.717) is 0 Å². The van der Waals surface area contributed by atoms with Crippen molar-refractivity contribution < 1.29 is 9.90 Å². The highest BCUT2D eigenvalue weighted by atomic mass is 16.4. The minimum absolute atomic E-state index is 0.0348. The zero-order valence-electron chi connectivity index (χ0n) is 9.02. The highest BCUT2D eigenvalue weighted by Crippen LogP contribution is 2.17. The Hall–Kier alpha value is -1.62. The molecule has 2 heterocycles. The van der Waals surface area contributed by atoms with Crippen molar-refractivity contribution in [2.24, 2.45) is 0 Å². The fourth-order valence-electron chi connectivity index (χ4n) is 1.89. The molecule has 0 aromatic carbocycles. The van der Waals surface area contributed by atoms with E-state index in [0.717, 1.165) is 37.6 Å². The topological polar surface area (TPSA) is 65.5 Å². The molecule has 2 N–H and O–H groups in total. The maximum atomic E-state index is 10.7. The number of aliphatic carboxylic acids is 1. The van der Waals surface area contributed by atoms with Crippen molar-refractivity contribution in [3.05, 3.63) is 23.9 Å². The number of piperazine rings is 1. The van der Waals surface area contributed by atoms with Gasteiger partial charge < -0.3 is 15.3 Å². The molecule has 86 valence electrons. The quantitative estimate of drug-likeness (QED) is 0.759. The normalized spacial score (nSPS) is 16.1. The summed E-state index contributed by atoms with van der Waals surface area (Å²) >= 11 is 0. The molecule has 0 amide bonds. The number of carbonyl (C=O) groups is 1. The lowest BCUT2D eigenvalue weighted by atomic mass is 10.1. The molecule has 0 atom stereocenters. The smallest absolute Gasteiger partial charge is 0.307 e. The Balaban J connectivity index is 2.20. The summed E-state index contributed by atoms with van der Waals surface area (Å²) < 4.78 is 0. The number of pyridine rings is 1. The number of anilines is 1. The predicted octanol–water partition coefficient (Wildman–Crippen LogP) is 0.118. The molecule has 0 spiro atoms. The Morgan fingerprint density at radius 1 is 1.50 bits per heavy atom. The van der Waals surface area contributed by atoms with Crippen LogP contribution in [0.25, 0.3) is 0 Å². The molecule has 1 aromatic rings. The first-order valence-electron chi connectivity index (χ1n) is 5.39. The van der Waals surface area contributed by atoms with Crippen molar-refractivity contribution in [3.8, 4) is 0 Å². The lowest BCUT2D eigenvalue weighted by molar-refractivity contribution is -0.136. The third kappa shape index (κ3) is 2.49. The summed E-state index contributed by atoms with van der Waals surface area (Å²) in [7, 11) is 0. The second kappa shape index (κ2) is 4.94. The van der Waals surface area contributed by atoms with Crippen LogP contribution in [-0.2, 0) is 11.2 Å². The molecule has 0 unspecified atom stereocenters. The monoisotopic (exact) mass is 221 g/mol. The average molecular weight is 221 g/mol. The molecule has 1 aliphatic rings. The van der Waals surface area contributed by atoms with Crippen molar-refractivity contribution in [1.82, 2.24) is 10.3 Å². The van der Waals surface area contributed by atoms with Crippen LogP contribution >= 0.6 is 0 Å². The summed E-state index contributed by atoms with van der Waals surface area (Å²) in [5.41, 5.74) is 0.789. The van der Waals surface area contributed by atoms with Crippen molar-refractivity contribution in [1.29, 1.82) is 0 Å². The van der Waals surface area contributed by atoms with Crippen molar-refractivity contribution >= 4 is 11.8 Å². The molecular formula is C11H15N3O2. The van der Waals surface area contributed by atoms with Crippen LogP contribution in [0.4, 0.5) is 5.82 Å². The second-order valence-electron chi connectivity index (χ2n) is 3.79. The van der Waals surface area contributed by atoms with Gasteiger partial charge in [-0.3, -0.25) is 4.79 Å². The highest BCUT2D eigenvalue weighted by molar-refractivity contribution is 5.72. The van der Waals surface area contributed by atoms with Gasteiger partial charge in [-0.05, 0) is 6.07 Å². The molecule has 5 heteroatoms. The van der Waals surface area contributed by atoms with Crippen LogP contribution < -0.4 is 10.2 Å². The molecule has 1 fully saturated rings. The lowest BCUT2D eigenvalue weighted by Crippen LogP contribution is -2.44. The standard InChI is InChI=1S/C11H15N3O2/c15-10(16)8-9-2-1-3-13-11(9)14-6-4-12-5-7-14/h1-3,12H,4-8H2,(H,15,16). The summed E-state index contributed by atoms with van der Waals surface area (Å²) in [5.74, 6) is -0.00390. The molecule has 1 aliphatic heterocycles. The number of carboxylic acids is 1.